The molecule has 0 bridgehead atoms. The van der Waals surface area contributed by atoms with Crippen LogP contribution < -0.4 is 18.9 Å². The molecule has 2 aliphatic rings. The highest BCUT2D eigenvalue weighted by molar-refractivity contribution is 5.93. The van der Waals surface area contributed by atoms with Gasteiger partial charge in [-0.15, -0.1) is 0 Å². The molecule has 4 atom stereocenters. The molecule has 4 aromatic rings. The molecule has 0 saturated carbocycles. The van der Waals surface area contributed by atoms with Gasteiger partial charge in [-0.25, -0.2) is 28.8 Å². The number of benzene rings is 4. The molecule has 0 unspecified atom stereocenters. The maximum atomic E-state index is 12.9. The van der Waals surface area contributed by atoms with Crippen molar-refractivity contribution >= 4 is 35.8 Å². The molecule has 54 heavy (non-hydrogen) atoms. The van der Waals surface area contributed by atoms with E-state index in [9.17, 15) is 28.8 Å². The van der Waals surface area contributed by atoms with Crippen molar-refractivity contribution in [3.63, 3.8) is 0 Å². The first kappa shape index (κ1) is 36.9. The van der Waals surface area contributed by atoms with Crippen LogP contribution in [-0.4, -0.2) is 73.4 Å². The molecule has 0 aromatic heterocycles. The molecule has 0 N–H and O–H groups in total. The van der Waals surface area contributed by atoms with E-state index >= 15 is 0 Å². The molecule has 274 valence electrons. The number of esters is 6. The van der Waals surface area contributed by atoms with Gasteiger partial charge in [-0.3, -0.25) is 0 Å². The van der Waals surface area contributed by atoms with E-state index in [2.05, 4.69) is 13.2 Å². The van der Waals surface area contributed by atoms with E-state index in [-0.39, 0.29) is 58.5 Å². The average molecular weight is 735 g/mol. The van der Waals surface area contributed by atoms with Gasteiger partial charge in [-0.2, -0.15) is 0 Å². The fourth-order valence-electron chi connectivity index (χ4n) is 5.33. The Morgan fingerprint density at radius 1 is 0.444 bits per heavy atom. The van der Waals surface area contributed by atoms with Gasteiger partial charge in [0.05, 0.1) is 35.5 Å². The third-order valence-electron chi connectivity index (χ3n) is 8.03. The summed E-state index contributed by atoms with van der Waals surface area (Å²) >= 11 is 0. The molecule has 6 rings (SSSR count). The quantitative estimate of drug-likeness (QED) is 0.110. The Bertz CT molecular complexity index is 1920. The third kappa shape index (κ3) is 8.93. The van der Waals surface area contributed by atoms with Crippen molar-refractivity contribution in [1.82, 2.24) is 0 Å². The topological polar surface area (TPSA) is 176 Å². The summed E-state index contributed by atoms with van der Waals surface area (Å²) < 4.78 is 43.6. The smallest absolute Gasteiger partial charge is 0.343 e. The van der Waals surface area contributed by atoms with Crippen LogP contribution in [0.2, 0.25) is 0 Å². The maximum Gasteiger partial charge on any atom is 0.343 e. The zero-order valence-corrected chi connectivity index (χ0v) is 28.2. The van der Waals surface area contributed by atoms with Crippen molar-refractivity contribution in [2.75, 3.05) is 13.2 Å². The standard InChI is InChI=1S/C40H30O14/c1-3-33(41)49-27-13-5-23(6-14-27)37(43)51-29-17-9-25(10-18-29)39(45)53-31-21-47-36-32(22-48-35(31)36)54-40(46)26-11-19-30(20-12-26)52-38(44)24-7-15-28(16-8-24)50-34(42)4-2/h3-20,31-32,35-36H,1-2,21-22H2/t31-,32-,35+,36+/m1/s1. The number of ether oxygens (including phenoxy) is 8. The largest absolute Gasteiger partial charge is 0.453 e. The Morgan fingerprint density at radius 3 is 1.02 bits per heavy atom. The van der Waals surface area contributed by atoms with Crippen molar-refractivity contribution in [2.45, 2.75) is 24.4 Å². The first-order valence-electron chi connectivity index (χ1n) is 16.3. The summed E-state index contributed by atoms with van der Waals surface area (Å²) in [6, 6.07) is 23.0. The predicted octanol–water partition coefficient (Wildman–Crippen LogP) is 4.86. The van der Waals surface area contributed by atoms with Gasteiger partial charge in [-0.1, -0.05) is 13.2 Å². The molecular formula is C40H30O14. The molecule has 2 aliphatic heterocycles. The van der Waals surface area contributed by atoms with Gasteiger partial charge in [0.25, 0.3) is 0 Å². The fourth-order valence-corrected chi connectivity index (χ4v) is 5.33. The van der Waals surface area contributed by atoms with Crippen molar-refractivity contribution < 1.29 is 66.7 Å². The lowest BCUT2D eigenvalue weighted by atomic mass is 10.1. The molecule has 0 radical (unpaired) electrons. The normalized spacial score (nSPS) is 18.3. The number of rotatable bonds is 12. The van der Waals surface area contributed by atoms with E-state index in [4.69, 9.17) is 37.9 Å². The van der Waals surface area contributed by atoms with Gasteiger partial charge in [0, 0.05) is 12.2 Å². The Kier molecular flexibility index (Phi) is 11.4. The highest BCUT2D eigenvalue weighted by Gasteiger charge is 2.51. The van der Waals surface area contributed by atoms with E-state index in [1.165, 1.54) is 97.1 Å². The van der Waals surface area contributed by atoms with Gasteiger partial charge < -0.3 is 37.9 Å². The van der Waals surface area contributed by atoms with Crippen LogP contribution in [0.5, 0.6) is 23.0 Å². The van der Waals surface area contributed by atoms with Crippen LogP contribution in [0.25, 0.3) is 0 Å². The number of carbonyl (C=O) groups is 6. The zero-order valence-electron chi connectivity index (χ0n) is 28.2. The minimum Gasteiger partial charge on any atom is -0.453 e. The Morgan fingerprint density at radius 2 is 0.722 bits per heavy atom. The number of fused-ring (bicyclic) bond motifs is 1. The molecule has 14 nitrogen and oxygen atoms in total. The van der Waals surface area contributed by atoms with Crippen LogP contribution in [0.15, 0.2) is 122 Å². The van der Waals surface area contributed by atoms with Crippen molar-refractivity contribution in [1.29, 1.82) is 0 Å². The Balaban J connectivity index is 0.958. The van der Waals surface area contributed by atoms with E-state index in [1.54, 1.807) is 0 Å². The zero-order chi connectivity index (χ0) is 38.2. The molecule has 14 heteroatoms. The lowest BCUT2D eigenvalue weighted by Gasteiger charge is -2.17. The van der Waals surface area contributed by atoms with E-state index in [1.807, 2.05) is 0 Å². The predicted molar refractivity (Wildman–Crippen MR) is 185 cm³/mol. The van der Waals surface area contributed by atoms with Crippen LogP contribution >= 0.6 is 0 Å². The van der Waals surface area contributed by atoms with Crippen LogP contribution in [0.3, 0.4) is 0 Å². The van der Waals surface area contributed by atoms with Gasteiger partial charge in [0.2, 0.25) is 0 Å². The van der Waals surface area contributed by atoms with Crippen molar-refractivity contribution in [2.24, 2.45) is 0 Å². The first-order valence-corrected chi connectivity index (χ1v) is 16.3. The summed E-state index contributed by atoms with van der Waals surface area (Å²) in [7, 11) is 0. The van der Waals surface area contributed by atoms with E-state index in [0.717, 1.165) is 12.2 Å². The van der Waals surface area contributed by atoms with Gasteiger partial charge in [0.1, 0.15) is 35.2 Å². The second kappa shape index (κ2) is 16.6. The molecule has 2 heterocycles. The van der Waals surface area contributed by atoms with Crippen LogP contribution in [-0.2, 0) is 28.5 Å². The molecule has 0 spiro atoms. The summed E-state index contributed by atoms with van der Waals surface area (Å²) in [6.45, 7) is 6.67. The van der Waals surface area contributed by atoms with Gasteiger partial charge in [-0.05, 0) is 97.1 Å². The highest BCUT2D eigenvalue weighted by Crippen LogP contribution is 2.32. The summed E-state index contributed by atoms with van der Waals surface area (Å²) in [6.07, 6.45) is -0.864. The second-order valence-electron chi connectivity index (χ2n) is 11.6. The maximum absolute atomic E-state index is 12.9. The summed E-state index contributed by atoms with van der Waals surface area (Å²) in [4.78, 5) is 73.6. The summed E-state index contributed by atoms with van der Waals surface area (Å²) in [5.74, 6) is -3.09. The Hall–Kier alpha value is -6.90. The second-order valence-corrected chi connectivity index (χ2v) is 11.6. The fraction of sp³-hybridized carbons (Fsp3) is 0.150. The van der Waals surface area contributed by atoms with Crippen molar-refractivity contribution in [3.05, 3.63) is 145 Å². The molecular weight excluding hydrogens is 704 g/mol. The molecule has 2 fully saturated rings. The third-order valence-corrected chi connectivity index (χ3v) is 8.03. The average Bonchev–Trinajstić information content (AvgIpc) is 3.78. The molecule has 2 saturated heterocycles. The minimum absolute atomic E-state index is 0.0131. The summed E-state index contributed by atoms with van der Waals surface area (Å²) in [5, 5.41) is 0. The van der Waals surface area contributed by atoms with Crippen LogP contribution in [0.4, 0.5) is 0 Å². The summed E-state index contributed by atoms with van der Waals surface area (Å²) in [5.41, 5.74) is 0.791. The van der Waals surface area contributed by atoms with E-state index in [0.29, 0.717) is 0 Å². The number of hydrogen-bond donors (Lipinski definition) is 0. The van der Waals surface area contributed by atoms with Gasteiger partial charge >= 0.3 is 35.8 Å². The lowest BCUT2D eigenvalue weighted by Crippen LogP contribution is -2.36. The SMILES string of the molecule is C=CC(=O)Oc1ccc(C(=O)Oc2ccc(C(=O)O[C@@H]3CO[C@@H]4[C@H]3OC[C@H]4OC(=O)c3ccc(OC(=O)c4ccc(OC(=O)C=C)cc4)cc3)cc2)cc1. The molecule has 0 aliphatic carbocycles. The highest BCUT2D eigenvalue weighted by atomic mass is 16.7. The lowest BCUT2D eigenvalue weighted by molar-refractivity contribution is -0.129. The van der Waals surface area contributed by atoms with Crippen molar-refractivity contribution in [3.8, 4) is 23.0 Å². The first-order chi connectivity index (χ1) is 26.1. The van der Waals surface area contributed by atoms with Crippen LogP contribution in [0.1, 0.15) is 41.4 Å². The van der Waals surface area contributed by atoms with Crippen LogP contribution in [0, 0.1) is 0 Å². The monoisotopic (exact) mass is 734 g/mol. The molecule has 4 aromatic carbocycles. The number of hydrogen-bond acceptors (Lipinski definition) is 14. The molecule has 0 amide bonds. The van der Waals surface area contributed by atoms with E-state index < -0.39 is 60.2 Å². The number of carbonyl (C=O) groups excluding carboxylic acids is 6. The van der Waals surface area contributed by atoms with Gasteiger partial charge in [0.15, 0.2) is 12.2 Å². The minimum atomic E-state index is -0.773. The Labute approximate surface area is 307 Å².